The maximum atomic E-state index is 5.92. The average Bonchev–Trinajstić information content (AvgIpc) is 2.09. The maximum Gasteiger partial charge on any atom is 0.232 e. The minimum absolute atomic E-state index is 0.116. The Bertz CT molecular complexity index is 302. The van der Waals surface area contributed by atoms with Crippen LogP contribution in [-0.4, -0.2) is 17.7 Å². The van der Waals surface area contributed by atoms with Gasteiger partial charge in [-0.2, -0.15) is 0 Å². The summed E-state index contributed by atoms with van der Waals surface area (Å²) >= 11 is 5.92. The summed E-state index contributed by atoms with van der Waals surface area (Å²) in [5.41, 5.74) is 0. The van der Waals surface area contributed by atoms with Crippen LogP contribution < -0.4 is 9.47 Å². The van der Waals surface area contributed by atoms with E-state index in [0.717, 1.165) is 0 Å². The lowest BCUT2D eigenvalue weighted by atomic mass is 10.4. The molecule has 0 radical (unpaired) electrons. The molecule has 0 bridgehead atoms. The topological polar surface area (TPSA) is 31.4 Å². The predicted molar refractivity (Wildman–Crippen MR) is 56.2 cm³/mol. The molecule has 0 aliphatic carbocycles. The van der Waals surface area contributed by atoms with Gasteiger partial charge < -0.3 is 9.47 Å². The predicted octanol–water partition coefficient (Wildman–Crippen LogP) is 2.92. The van der Waals surface area contributed by atoms with Gasteiger partial charge in [0.25, 0.3) is 0 Å². The van der Waals surface area contributed by atoms with E-state index in [1.54, 1.807) is 12.3 Å². The van der Waals surface area contributed by atoms with E-state index in [9.17, 15) is 0 Å². The Balaban J connectivity index is 2.78. The molecule has 0 fully saturated rings. The lowest BCUT2D eigenvalue weighted by Crippen LogP contribution is -2.06. The molecule has 0 unspecified atom stereocenters. The standard InChI is InChI=1S/C10H14ClNO2/c1-4-13-10-9(11)5-8(6-12-10)14-7(2)3/h5-7H,4H2,1-3H3. The van der Waals surface area contributed by atoms with E-state index in [1.165, 1.54) is 0 Å². The zero-order valence-electron chi connectivity index (χ0n) is 8.58. The Morgan fingerprint density at radius 2 is 2.21 bits per heavy atom. The molecule has 4 heteroatoms. The van der Waals surface area contributed by atoms with Crippen molar-refractivity contribution in [2.24, 2.45) is 0 Å². The first-order valence-electron chi connectivity index (χ1n) is 4.58. The van der Waals surface area contributed by atoms with Gasteiger partial charge in [-0.25, -0.2) is 4.98 Å². The van der Waals surface area contributed by atoms with Crippen LogP contribution in [0.25, 0.3) is 0 Å². The van der Waals surface area contributed by atoms with Gasteiger partial charge in [0.15, 0.2) is 0 Å². The normalized spacial score (nSPS) is 10.4. The summed E-state index contributed by atoms with van der Waals surface area (Å²) in [7, 11) is 0. The van der Waals surface area contributed by atoms with Crippen molar-refractivity contribution in [1.82, 2.24) is 4.98 Å². The van der Waals surface area contributed by atoms with Gasteiger partial charge in [0.05, 0.1) is 18.9 Å². The number of rotatable bonds is 4. The molecular weight excluding hydrogens is 202 g/mol. The third-order valence-corrected chi connectivity index (χ3v) is 1.71. The maximum absolute atomic E-state index is 5.92. The highest BCUT2D eigenvalue weighted by molar-refractivity contribution is 6.31. The average molecular weight is 216 g/mol. The molecule has 3 nitrogen and oxygen atoms in total. The molecule has 0 aliphatic rings. The lowest BCUT2D eigenvalue weighted by Gasteiger charge is -2.10. The fraction of sp³-hybridized carbons (Fsp3) is 0.500. The minimum atomic E-state index is 0.116. The third kappa shape index (κ3) is 3.07. The van der Waals surface area contributed by atoms with Crippen LogP contribution in [0.15, 0.2) is 12.3 Å². The van der Waals surface area contributed by atoms with Crippen molar-refractivity contribution in [3.8, 4) is 11.6 Å². The van der Waals surface area contributed by atoms with Crippen molar-refractivity contribution in [3.05, 3.63) is 17.3 Å². The second kappa shape index (κ2) is 5.05. The summed E-state index contributed by atoms with van der Waals surface area (Å²) in [6.45, 7) is 6.34. The molecule has 0 amide bonds. The summed E-state index contributed by atoms with van der Waals surface area (Å²) in [6.07, 6.45) is 1.72. The molecule has 1 rings (SSSR count). The minimum Gasteiger partial charge on any atom is -0.489 e. The largest absolute Gasteiger partial charge is 0.489 e. The molecule has 0 aromatic carbocycles. The Kier molecular flexibility index (Phi) is 4.01. The molecule has 0 aliphatic heterocycles. The van der Waals surface area contributed by atoms with E-state index in [-0.39, 0.29) is 6.10 Å². The van der Waals surface area contributed by atoms with Crippen LogP contribution in [-0.2, 0) is 0 Å². The highest BCUT2D eigenvalue weighted by Crippen LogP contribution is 2.26. The number of aromatic nitrogens is 1. The van der Waals surface area contributed by atoms with Gasteiger partial charge in [0, 0.05) is 6.07 Å². The Morgan fingerprint density at radius 3 is 2.71 bits per heavy atom. The Morgan fingerprint density at radius 1 is 1.50 bits per heavy atom. The van der Waals surface area contributed by atoms with Crippen molar-refractivity contribution in [2.45, 2.75) is 26.9 Å². The molecule has 0 N–H and O–H groups in total. The van der Waals surface area contributed by atoms with Gasteiger partial charge in [-0.05, 0) is 20.8 Å². The van der Waals surface area contributed by atoms with Crippen LogP contribution in [0.5, 0.6) is 11.6 Å². The first-order valence-corrected chi connectivity index (χ1v) is 4.96. The van der Waals surface area contributed by atoms with Gasteiger partial charge in [-0.3, -0.25) is 0 Å². The number of hydrogen-bond acceptors (Lipinski definition) is 3. The van der Waals surface area contributed by atoms with Gasteiger partial charge in [0.1, 0.15) is 10.8 Å². The number of hydrogen-bond donors (Lipinski definition) is 0. The van der Waals surface area contributed by atoms with Crippen molar-refractivity contribution in [2.75, 3.05) is 6.61 Å². The Labute approximate surface area is 89.0 Å². The smallest absolute Gasteiger partial charge is 0.232 e. The highest BCUT2D eigenvalue weighted by Gasteiger charge is 2.05. The van der Waals surface area contributed by atoms with Crippen LogP contribution >= 0.6 is 11.6 Å². The van der Waals surface area contributed by atoms with E-state index < -0.39 is 0 Å². The summed E-state index contributed by atoms with van der Waals surface area (Å²) in [5, 5.41) is 0.477. The van der Waals surface area contributed by atoms with E-state index >= 15 is 0 Å². The van der Waals surface area contributed by atoms with Crippen LogP contribution in [0.4, 0.5) is 0 Å². The molecule has 78 valence electrons. The van der Waals surface area contributed by atoms with Crippen LogP contribution in [0.2, 0.25) is 5.02 Å². The van der Waals surface area contributed by atoms with E-state index in [2.05, 4.69) is 4.98 Å². The second-order valence-corrected chi connectivity index (χ2v) is 3.46. The number of pyridine rings is 1. The van der Waals surface area contributed by atoms with Crippen molar-refractivity contribution in [3.63, 3.8) is 0 Å². The van der Waals surface area contributed by atoms with Crippen LogP contribution in [0.1, 0.15) is 20.8 Å². The molecule has 14 heavy (non-hydrogen) atoms. The quantitative estimate of drug-likeness (QED) is 0.774. The lowest BCUT2D eigenvalue weighted by molar-refractivity contribution is 0.240. The van der Waals surface area contributed by atoms with E-state index in [1.807, 2.05) is 20.8 Å². The molecule has 1 aromatic heterocycles. The zero-order valence-corrected chi connectivity index (χ0v) is 9.34. The SMILES string of the molecule is CCOc1ncc(OC(C)C)cc1Cl. The first kappa shape index (κ1) is 11.1. The molecule has 1 aromatic rings. The summed E-state index contributed by atoms with van der Waals surface area (Å²) < 4.78 is 10.6. The number of ether oxygens (including phenoxy) is 2. The number of nitrogens with zero attached hydrogens (tertiary/aromatic N) is 1. The summed E-state index contributed by atoms with van der Waals surface area (Å²) in [4.78, 5) is 4.04. The van der Waals surface area contributed by atoms with Crippen molar-refractivity contribution >= 4 is 11.6 Å². The highest BCUT2D eigenvalue weighted by atomic mass is 35.5. The van der Waals surface area contributed by atoms with Gasteiger partial charge >= 0.3 is 0 Å². The van der Waals surface area contributed by atoms with Gasteiger partial charge in [-0.15, -0.1) is 0 Å². The zero-order chi connectivity index (χ0) is 10.6. The van der Waals surface area contributed by atoms with Gasteiger partial charge in [0.2, 0.25) is 5.88 Å². The fourth-order valence-corrected chi connectivity index (χ4v) is 1.20. The summed E-state index contributed by atoms with van der Waals surface area (Å²) in [5.74, 6) is 1.11. The monoisotopic (exact) mass is 215 g/mol. The van der Waals surface area contributed by atoms with E-state index in [0.29, 0.717) is 23.3 Å². The third-order valence-electron chi connectivity index (χ3n) is 1.44. The van der Waals surface area contributed by atoms with Gasteiger partial charge in [-0.1, -0.05) is 11.6 Å². The second-order valence-electron chi connectivity index (χ2n) is 3.06. The van der Waals surface area contributed by atoms with Crippen molar-refractivity contribution < 1.29 is 9.47 Å². The molecule has 0 saturated heterocycles. The van der Waals surface area contributed by atoms with Crippen LogP contribution in [0, 0.1) is 0 Å². The molecule has 0 saturated carbocycles. The first-order chi connectivity index (χ1) is 6.63. The molecule has 1 heterocycles. The molecule has 0 spiro atoms. The Hall–Kier alpha value is -0.960. The summed E-state index contributed by atoms with van der Waals surface area (Å²) in [6, 6.07) is 1.71. The van der Waals surface area contributed by atoms with E-state index in [4.69, 9.17) is 21.1 Å². The molecular formula is C10H14ClNO2. The molecule has 0 atom stereocenters. The fourth-order valence-electron chi connectivity index (χ4n) is 0.987. The van der Waals surface area contributed by atoms with Crippen molar-refractivity contribution in [1.29, 1.82) is 0 Å². The van der Waals surface area contributed by atoms with Crippen LogP contribution in [0.3, 0.4) is 0 Å². The number of halogens is 1.